The molecule has 2 aliphatic heterocycles. The first-order chi connectivity index (χ1) is 16.3. The Bertz CT molecular complexity index is 1280. The summed E-state index contributed by atoms with van der Waals surface area (Å²) >= 11 is 2.16. The van der Waals surface area contributed by atoms with E-state index in [1.807, 2.05) is 6.07 Å². The molecule has 2 aromatic heterocycles. The van der Waals surface area contributed by atoms with Crippen LogP contribution in [0, 0.1) is 11.3 Å². The lowest BCUT2D eigenvalue weighted by Gasteiger charge is -2.50. The summed E-state index contributed by atoms with van der Waals surface area (Å²) in [5, 5.41) is 26.6. The van der Waals surface area contributed by atoms with Crippen molar-refractivity contribution in [2.24, 2.45) is 5.16 Å². The number of carbonyl (C=O) groups excluding carboxylic acids is 3. The van der Waals surface area contributed by atoms with Gasteiger partial charge in [0.15, 0.2) is 24.1 Å². The van der Waals surface area contributed by atoms with Crippen LogP contribution in [0.2, 0.25) is 0 Å². The molecular weight excluding hydrogens is 484 g/mol. The van der Waals surface area contributed by atoms with Crippen LogP contribution in [0.25, 0.3) is 0 Å². The Labute approximate surface area is 200 Å². The summed E-state index contributed by atoms with van der Waals surface area (Å²) in [6.07, 6.45) is 3.27. The number of β-lactam (4-membered cyclic amide) rings is 1. The van der Waals surface area contributed by atoms with Gasteiger partial charge in [-0.3, -0.25) is 14.5 Å². The van der Waals surface area contributed by atoms with Gasteiger partial charge in [0.25, 0.3) is 11.8 Å². The van der Waals surface area contributed by atoms with Gasteiger partial charge < -0.3 is 25.8 Å². The number of fused-ring (bicyclic) bond motifs is 1. The number of nitrogens with zero attached hydrogens (tertiary/aromatic N) is 6. The van der Waals surface area contributed by atoms with Gasteiger partial charge >= 0.3 is 0 Å². The molecule has 2 amide bonds. The fourth-order valence-electron chi connectivity index (χ4n) is 3.52. The number of carbonyl (C=O) groups is 3. The van der Waals surface area contributed by atoms with Crippen molar-refractivity contribution in [2.45, 2.75) is 18.0 Å². The third kappa shape index (κ3) is 4.28. The number of oxime groups is 1. The molecule has 0 unspecified atom stereocenters. The highest BCUT2D eigenvalue weighted by Gasteiger charge is 2.53. The molecule has 0 radical (unpaired) electrons. The highest BCUT2D eigenvalue weighted by molar-refractivity contribution is 8.00. The molecule has 15 heteroatoms. The van der Waals surface area contributed by atoms with Crippen molar-refractivity contribution in [3.05, 3.63) is 47.2 Å². The molecule has 34 heavy (non-hydrogen) atoms. The highest BCUT2D eigenvalue weighted by Crippen LogP contribution is 2.40. The van der Waals surface area contributed by atoms with Gasteiger partial charge in [-0.25, -0.2) is 0 Å². The van der Waals surface area contributed by atoms with E-state index in [1.165, 1.54) is 18.9 Å². The van der Waals surface area contributed by atoms with Crippen molar-refractivity contribution >= 4 is 51.9 Å². The number of aromatic nitrogens is 3. The van der Waals surface area contributed by atoms with Crippen LogP contribution < -0.4 is 20.7 Å². The lowest BCUT2D eigenvalue weighted by molar-refractivity contribution is -0.689. The number of rotatable bonds is 7. The SMILES string of the molecule is CO/N=C(\C(=O)N[C@@H]1C(=O)N2C(C(=O)[O-])=C(C[n+]3cccc(C#N)c3)CS[C@H]12)c1nsc(N)n1. The predicted molar refractivity (Wildman–Crippen MR) is 116 cm³/mol. The summed E-state index contributed by atoms with van der Waals surface area (Å²) in [7, 11) is 1.24. The number of nitrogens with one attached hydrogen (secondary N) is 1. The van der Waals surface area contributed by atoms with Crippen LogP contribution in [0.15, 0.2) is 41.0 Å². The van der Waals surface area contributed by atoms with Crippen molar-refractivity contribution in [1.29, 1.82) is 5.26 Å². The molecule has 1 fully saturated rings. The maximum Gasteiger partial charge on any atom is 0.278 e. The summed E-state index contributed by atoms with van der Waals surface area (Å²) in [5.74, 6) is -2.67. The zero-order chi connectivity index (χ0) is 24.4. The van der Waals surface area contributed by atoms with Gasteiger partial charge in [-0.2, -0.15) is 19.2 Å². The first kappa shape index (κ1) is 23.1. The number of carboxylic acids is 1. The Hall–Kier alpha value is -4.03. The summed E-state index contributed by atoms with van der Waals surface area (Å²) in [6, 6.07) is 4.31. The largest absolute Gasteiger partial charge is 0.543 e. The first-order valence-electron chi connectivity index (χ1n) is 9.62. The van der Waals surface area contributed by atoms with Crippen molar-refractivity contribution in [2.75, 3.05) is 18.6 Å². The average molecular weight is 501 g/mol. The molecule has 0 spiro atoms. The van der Waals surface area contributed by atoms with E-state index < -0.39 is 29.2 Å². The lowest BCUT2D eigenvalue weighted by atomic mass is 10.0. The minimum absolute atomic E-state index is 0.0593. The van der Waals surface area contributed by atoms with Gasteiger partial charge in [-0.15, -0.1) is 11.8 Å². The van der Waals surface area contributed by atoms with E-state index in [2.05, 4.69) is 24.7 Å². The summed E-state index contributed by atoms with van der Waals surface area (Å²) < 4.78 is 5.58. The van der Waals surface area contributed by atoms with Gasteiger partial charge in [-0.1, -0.05) is 5.16 Å². The number of nitrogen functional groups attached to an aromatic ring is 1. The zero-order valence-electron chi connectivity index (χ0n) is 17.5. The van der Waals surface area contributed by atoms with Gasteiger partial charge in [-0.05, 0) is 6.07 Å². The Morgan fingerprint density at radius 1 is 1.53 bits per heavy atom. The molecule has 174 valence electrons. The molecule has 3 N–H and O–H groups in total. The molecule has 13 nitrogen and oxygen atoms in total. The minimum Gasteiger partial charge on any atom is -0.543 e. The second-order valence-electron chi connectivity index (χ2n) is 7.06. The topological polar surface area (TPSA) is 191 Å². The molecule has 0 bridgehead atoms. The third-order valence-corrected chi connectivity index (χ3v) is 6.82. The van der Waals surface area contributed by atoms with Crippen LogP contribution in [0.4, 0.5) is 5.13 Å². The smallest absolute Gasteiger partial charge is 0.278 e. The number of hydrogen-bond donors (Lipinski definition) is 2. The van der Waals surface area contributed by atoms with Gasteiger partial charge in [0.1, 0.15) is 30.2 Å². The van der Waals surface area contributed by atoms with Gasteiger partial charge in [0, 0.05) is 28.9 Å². The number of anilines is 1. The van der Waals surface area contributed by atoms with Crippen LogP contribution in [0.3, 0.4) is 0 Å². The van der Waals surface area contributed by atoms with E-state index in [0.717, 1.165) is 16.4 Å². The monoisotopic (exact) mass is 500 g/mol. The molecule has 2 aliphatic rings. The van der Waals surface area contributed by atoms with Crippen LogP contribution >= 0.6 is 23.3 Å². The van der Waals surface area contributed by atoms with E-state index in [-0.39, 0.29) is 34.7 Å². The lowest BCUT2D eigenvalue weighted by Crippen LogP contribution is -2.71. The number of hydrogen-bond acceptors (Lipinski definition) is 12. The molecule has 0 saturated carbocycles. The Kier molecular flexibility index (Phi) is 6.43. The number of nitriles is 1. The summed E-state index contributed by atoms with van der Waals surface area (Å²) in [5.41, 5.74) is 5.90. The van der Waals surface area contributed by atoms with E-state index in [1.54, 1.807) is 29.1 Å². The highest BCUT2D eigenvalue weighted by atomic mass is 32.2. The maximum atomic E-state index is 12.9. The number of nitrogens with two attached hydrogens (primary N) is 1. The molecule has 2 aromatic rings. The molecule has 0 aromatic carbocycles. The van der Waals surface area contributed by atoms with Crippen LogP contribution in [0.1, 0.15) is 11.4 Å². The Balaban J connectivity index is 1.54. The number of thioether (sulfide) groups is 1. The second kappa shape index (κ2) is 9.45. The second-order valence-corrected chi connectivity index (χ2v) is 8.94. The van der Waals surface area contributed by atoms with E-state index in [0.29, 0.717) is 11.1 Å². The molecule has 4 heterocycles. The molecule has 0 aliphatic carbocycles. The van der Waals surface area contributed by atoms with Crippen molar-refractivity contribution in [1.82, 2.24) is 19.6 Å². The fourth-order valence-corrected chi connectivity index (χ4v) is 5.29. The van der Waals surface area contributed by atoms with Crippen molar-refractivity contribution < 1.29 is 28.9 Å². The minimum atomic E-state index is -1.50. The fraction of sp³-hybridized carbons (Fsp3) is 0.263. The molecule has 2 atom stereocenters. The normalized spacial score (nSPS) is 19.7. The Morgan fingerprint density at radius 3 is 2.97 bits per heavy atom. The molecule has 1 saturated heterocycles. The standard InChI is InChI=1S/C19H16N8O5S2/c1-32-24-11(14-23-19(21)34-25-14)15(28)22-12-16(29)27-13(18(30)31)10(8-33-17(12)27)7-26-4-2-3-9(5-20)6-26/h2-4,6,12,17H,7-8H2,1H3,(H3-,21,22,23,25,28,30,31)/b24-11-/t12-,17-/m1/s1. The van der Waals surface area contributed by atoms with E-state index >= 15 is 0 Å². The Morgan fingerprint density at radius 2 is 2.32 bits per heavy atom. The predicted octanol–water partition coefficient (Wildman–Crippen LogP) is -2.27. The summed E-state index contributed by atoms with van der Waals surface area (Å²) in [6.45, 7) is 0.154. The van der Waals surface area contributed by atoms with Gasteiger partial charge in [0.2, 0.25) is 11.5 Å². The number of aliphatic carboxylic acids is 1. The van der Waals surface area contributed by atoms with Crippen LogP contribution in [-0.2, 0) is 25.8 Å². The van der Waals surface area contributed by atoms with Gasteiger partial charge in [0.05, 0.1) is 11.7 Å². The van der Waals surface area contributed by atoms with E-state index in [9.17, 15) is 19.5 Å². The van der Waals surface area contributed by atoms with E-state index in [4.69, 9.17) is 11.0 Å². The maximum absolute atomic E-state index is 12.9. The van der Waals surface area contributed by atoms with Crippen LogP contribution in [0.5, 0.6) is 0 Å². The average Bonchev–Trinajstić information content (AvgIpc) is 3.26. The van der Waals surface area contributed by atoms with Crippen LogP contribution in [-0.4, -0.2) is 62.0 Å². The molecular formula is C19H16N8O5S2. The quantitative estimate of drug-likeness (QED) is 0.181. The summed E-state index contributed by atoms with van der Waals surface area (Å²) in [4.78, 5) is 47.3. The number of pyridine rings is 1. The number of carboxylic acid groups (broad SMARTS) is 1. The van der Waals surface area contributed by atoms with Crippen molar-refractivity contribution in [3.63, 3.8) is 0 Å². The first-order valence-corrected chi connectivity index (χ1v) is 11.4. The third-order valence-electron chi connectivity index (χ3n) is 4.94. The number of amides is 2. The molecule has 4 rings (SSSR count). The van der Waals surface area contributed by atoms with Crippen molar-refractivity contribution in [3.8, 4) is 6.07 Å². The zero-order valence-corrected chi connectivity index (χ0v) is 19.1.